The van der Waals surface area contributed by atoms with E-state index < -0.39 is 0 Å². The molecule has 1 aromatic heterocycles. The molecule has 0 amide bonds. The number of rotatable bonds is 5. The first-order valence-corrected chi connectivity index (χ1v) is 8.70. The van der Waals surface area contributed by atoms with Gasteiger partial charge in [0.2, 0.25) is 5.95 Å². The van der Waals surface area contributed by atoms with Crippen molar-refractivity contribution in [2.75, 3.05) is 18.6 Å². The largest absolute Gasteiger partial charge is 0.465 e. The van der Waals surface area contributed by atoms with Gasteiger partial charge in [0.15, 0.2) is 0 Å². The zero-order valence-electron chi connectivity index (χ0n) is 15.8. The SMILES string of the molecule is CCc1nc(N)nc(N)c1Cc1ccc(-c2ccc(C(=O)OC)cc2)cc1.Cl. The number of methoxy groups -OCH3 is 1. The van der Waals surface area contributed by atoms with Crippen LogP contribution in [0.2, 0.25) is 0 Å². The molecule has 2 aromatic carbocycles. The first-order valence-electron chi connectivity index (χ1n) is 8.70. The summed E-state index contributed by atoms with van der Waals surface area (Å²) in [6.45, 7) is 2.02. The number of esters is 1. The Morgan fingerprint density at radius 1 is 0.964 bits per heavy atom. The van der Waals surface area contributed by atoms with Crippen LogP contribution >= 0.6 is 12.4 Å². The second kappa shape index (κ2) is 9.19. The van der Waals surface area contributed by atoms with E-state index in [1.54, 1.807) is 12.1 Å². The number of anilines is 2. The maximum Gasteiger partial charge on any atom is 0.337 e. The highest BCUT2D eigenvalue weighted by Crippen LogP contribution is 2.24. The van der Waals surface area contributed by atoms with Gasteiger partial charge in [-0.05, 0) is 35.2 Å². The number of hydrogen-bond donors (Lipinski definition) is 2. The number of halogens is 1. The normalized spacial score (nSPS) is 10.2. The van der Waals surface area contributed by atoms with Gasteiger partial charge in [0.25, 0.3) is 0 Å². The lowest BCUT2D eigenvalue weighted by atomic mass is 9.98. The van der Waals surface area contributed by atoms with Gasteiger partial charge in [-0.25, -0.2) is 9.78 Å². The monoisotopic (exact) mass is 398 g/mol. The van der Waals surface area contributed by atoms with Crippen molar-refractivity contribution in [1.82, 2.24) is 9.97 Å². The zero-order valence-corrected chi connectivity index (χ0v) is 16.6. The molecule has 0 radical (unpaired) electrons. The molecule has 7 heteroatoms. The van der Waals surface area contributed by atoms with Crippen LogP contribution in [0.3, 0.4) is 0 Å². The van der Waals surface area contributed by atoms with Crippen LogP contribution in [0.5, 0.6) is 0 Å². The van der Waals surface area contributed by atoms with Crippen molar-refractivity contribution in [3.63, 3.8) is 0 Å². The predicted octanol–water partition coefficient (Wildman–Crippen LogP) is 3.67. The van der Waals surface area contributed by atoms with Crippen LogP contribution < -0.4 is 11.5 Å². The number of aromatic nitrogens is 2. The Kier molecular flexibility index (Phi) is 6.95. The third kappa shape index (κ3) is 4.58. The van der Waals surface area contributed by atoms with Crippen LogP contribution in [-0.2, 0) is 17.6 Å². The third-order valence-electron chi connectivity index (χ3n) is 4.45. The summed E-state index contributed by atoms with van der Waals surface area (Å²) in [5, 5.41) is 0. The second-order valence-corrected chi connectivity index (χ2v) is 6.19. The number of carbonyl (C=O) groups excluding carboxylic acids is 1. The number of ether oxygens (including phenoxy) is 1. The van der Waals surface area contributed by atoms with Crippen LogP contribution in [-0.4, -0.2) is 23.0 Å². The molecule has 4 N–H and O–H groups in total. The standard InChI is InChI=1S/C21H22N4O2.ClH/c1-3-18-17(19(22)25-21(23)24-18)12-13-4-6-14(7-5-13)15-8-10-16(11-9-15)20(26)27-2;/h4-11H,3,12H2,1-2H3,(H4,22,23,24,25);1H. The molecular weight excluding hydrogens is 376 g/mol. The molecule has 3 rings (SSSR count). The number of nitrogen functional groups attached to an aromatic ring is 2. The smallest absolute Gasteiger partial charge is 0.337 e. The Labute approximate surface area is 170 Å². The molecule has 0 aliphatic heterocycles. The molecule has 0 bridgehead atoms. The predicted molar refractivity (Wildman–Crippen MR) is 114 cm³/mol. The van der Waals surface area contributed by atoms with E-state index in [1.165, 1.54) is 7.11 Å². The molecule has 0 saturated heterocycles. The summed E-state index contributed by atoms with van der Waals surface area (Å²) in [6, 6.07) is 15.5. The van der Waals surface area contributed by atoms with Gasteiger partial charge in [0.1, 0.15) is 5.82 Å². The molecule has 0 fully saturated rings. The molecule has 0 unspecified atom stereocenters. The van der Waals surface area contributed by atoms with Crippen molar-refractivity contribution >= 4 is 30.1 Å². The Morgan fingerprint density at radius 3 is 2.07 bits per heavy atom. The van der Waals surface area contributed by atoms with E-state index in [-0.39, 0.29) is 24.3 Å². The molecule has 0 aliphatic rings. The highest BCUT2D eigenvalue weighted by atomic mass is 35.5. The Morgan fingerprint density at radius 2 is 1.54 bits per heavy atom. The maximum atomic E-state index is 11.5. The summed E-state index contributed by atoms with van der Waals surface area (Å²) in [5.74, 6) is 0.299. The van der Waals surface area contributed by atoms with Gasteiger partial charge in [-0.2, -0.15) is 4.98 Å². The first kappa shape index (κ1) is 21.2. The van der Waals surface area contributed by atoms with E-state index in [2.05, 4.69) is 22.1 Å². The van der Waals surface area contributed by atoms with E-state index in [0.29, 0.717) is 17.8 Å². The number of benzene rings is 2. The van der Waals surface area contributed by atoms with Crippen LogP contribution in [0.15, 0.2) is 48.5 Å². The molecule has 0 spiro atoms. The minimum absolute atomic E-state index is 0. The molecule has 0 aliphatic carbocycles. The lowest BCUT2D eigenvalue weighted by Gasteiger charge is -2.11. The van der Waals surface area contributed by atoms with Crippen LogP contribution in [0, 0.1) is 0 Å². The van der Waals surface area contributed by atoms with Crippen molar-refractivity contribution in [3.8, 4) is 11.1 Å². The molecule has 0 atom stereocenters. The van der Waals surface area contributed by atoms with Crippen molar-refractivity contribution in [2.24, 2.45) is 0 Å². The van der Waals surface area contributed by atoms with Crippen LogP contribution in [0.4, 0.5) is 11.8 Å². The fourth-order valence-corrected chi connectivity index (χ4v) is 2.99. The van der Waals surface area contributed by atoms with Crippen molar-refractivity contribution in [2.45, 2.75) is 19.8 Å². The van der Waals surface area contributed by atoms with Gasteiger partial charge in [-0.1, -0.05) is 43.3 Å². The number of carbonyl (C=O) groups is 1. The summed E-state index contributed by atoms with van der Waals surface area (Å²) < 4.78 is 4.72. The third-order valence-corrected chi connectivity index (χ3v) is 4.45. The van der Waals surface area contributed by atoms with Gasteiger partial charge >= 0.3 is 5.97 Å². The quantitative estimate of drug-likeness (QED) is 0.635. The van der Waals surface area contributed by atoms with Gasteiger partial charge in [0.05, 0.1) is 18.4 Å². The summed E-state index contributed by atoms with van der Waals surface area (Å²) in [4.78, 5) is 19.9. The van der Waals surface area contributed by atoms with Crippen molar-refractivity contribution in [3.05, 3.63) is 70.9 Å². The fourth-order valence-electron chi connectivity index (χ4n) is 2.99. The molecule has 0 saturated carbocycles. The number of nitrogens with zero attached hydrogens (tertiary/aromatic N) is 2. The molecule has 6 nitrogen and oxygen atoms in total. The van der Waals surface area contributed by atoms with E-state index in [4.69, 9.17) is 16.2 Å². The molecule has 3 aromatic rings. The van der Waals surface area contributed by atoms with Crippen molar-refractivity contribution < 1.29 is 9.53 Å². The Balaban J connectivity index is 0.00000280. The van der Waals surface area contributed by atoms with E-state index >= 15 is 0 Å². The molecule has 1 heterocycles. The minimum Gasteiger partial charge on any atom is -0.465 e. The van der Waals surface area contributed by atoms with Gasteiger partial charge in [-0.15, -0.1) is 12.4 Å². The number of aryl methyl sites for hydroxylation is 1. The summed E-state index contributed by atoms with van der Waals surface area (Å²) in [5.41, 5.74) is 17.3. The average Bonchev–Trinajstić information content (AvgIpc) is 2.69. The first-order chi connectivity index (χ1) is 13.0. The molecule has 146 valence electrons. The zero-order chi connectivity index (χ0) is 19.4. The highest BCUT2D eigenvalue weighted by Gasteiger charge is 2.11. The number of hydrogen-bond acceptors (Lipinski definition) is 6. The summed E-state index contributed by atoms with van der Waals surface area (Å²) >= 11 is 0. The van der Waals surface area contributed by atoms with Gasteiger partial charge in [0, 0.05) is 12.0 Å². The average molecular weight is 399 g/mol. The van der Waals surface area contributed by atoms with E-state index in [9.17, 15) is 4.79 Å². The summed E-state index contributed by atoms with van der Waals surface area (Å²) in [7, 11) is 1.37. The van der Waals surface area contributed by atoms with Crippen LogP contribution in [0.1, 0.15) is 34.1 Å². The fraction of sp³-hybridized carbons (Fsp3) is 0.190. The lowest BCUT2D eigenvalue weighted by Crippen LogP contribution is -2.09. The summed E-state index contributed by atoms with van der Waals surface area (Å²) in [6.07, 6.45) is 1.40. The molecular formula is C21H23ClN4O2. The Bertz CT molecular complexity index is 957. The maximum absolute atomic E-state index is 11.5. The Hall–Kier alpha value is -3.12. The minimum atomic E-state index is -0.341. The molecule has 28 heavy (non-hydrogen) atoms. The van der Waals surface area contributed by atoms with Gasteiger partial charge < -0.3 is 16.2 Å². The number of nitrogens with two attached hydrogens (primary N) is 2. The van der Waals surface area contributed by atoms with Crippen LogP contribution in [0.25, 0.3) is 11.1 Å². The highest BCUT2D eigenvalue weighted by molar-refractivity contribution is 5.90. The second-order valence-electron chi connectivity index (χ2n) is 6.19. The van der Waals surface area contributed by atoms with Crippen molar-refractivity contribution in [1.29, 1.82) is 0 Å². The van der Waals surface area contributed by atoms with Gasteiger partial charge in [-0.3, -0.25) is 0 Å². The lowest BCUT2D eigenvalue weighted by molar-refractivity contribution is 0.0601. The topological polar surface area (TPSA) is 104 Å². The van der Waals surface area contributed by atoms with E-state index in [1.807, 2.05) is 31.2 Å². The van der Waals surface area contributed by atoms with E-state index in [0.717, 1.165) is 34.4 Å².